The molecule has 1 heterocycles. The first kappa shape index (κ1) is 19.9. The second-order valence-corrected chi connectivity index (χ2v) is 7.09. The van der Waals surface area contributed by atoms with Gasteiger partial charge in [-0.05, 0) is 11.6 Å². The van der Waals surface area contributed by atoms with Gasteiger partial charge in [0.1, 0.15) is 38.5 Å². The molecule has 3 rings (SSSR count). The Bertz CT molecular complexity index is 831. The summed E-state index contributed by atoms with van der Waals surface area (Å²) in [7, 11) is 1.36. The Hall–Kier alpha value is -2.90. The number of hydrogen-bond acceptors (Lipinski definition) is 4. The monoisotopic (exact) mass is 384 g/mol. The average molecular weight is 384 g/mol. The Morgan fingerprint density at radius 3 is 2.43 bits per heavy atom. The normalized spacial score (nSPS) is 19.6. The Morgan fingerprint density at radius 1 is 1.11 bits per heavy atom. The largest absolute Gasteiger partial charge is 0.870 e. The molecule has 7 nitrogen and oxygen atoms in total. The summed E-state index contributed by atoms with van der Waals surface area (Å²) in [6.07, 6.45) is 4.35. The molecular formula is C21H26N3O4+. The first-order chi connectivity index (χ1) is 13.6. The zero-order valence-corrected chi connectivity index (χ0v) is 16.0. The Labute approximate surface area is 164 Å². The number of nitrogens with zero attached hydrogens (tertiary/aromatic N) is 1. The van der Waals surface area contributed by atoms with Gasteiger partial charge in [-0.3, -0.25) is 10.1 Å². The van der Waals surface area contributed by atoms with Crippen molar-refractivity contribution in [2.75, 3.05) is 39.8 Å². The molecule has 1 aliphatic rings. The minimum atomic E-state index is -0.484. The number of ether oxygens (including phenoxy) is 1. The fourth-order valence-electron chi connectivity index (χ4n) is 3.57. The molecule has 1 saturated heterocycles. The molecule has 0 aliphatic carbocycles. The number of benzene rings is 2. The Balaban J connectivity index is 1.55. The standard InChI is InChI=1S/C21H25N3O4/c1-28-20-15-19(24(26)27)14-18(21(20)25)16-23-12-10-22(11-13-23)9-5-8-17-6-3-2-4-7-17/h2-8,14-15,25H,9-13,16H2,1H3/p+1/b8-5+. The number of nitro groups is 1. The van der Waals surface area contributed by atoms with Crippen molar-refractivity contribution in [3.63, 3.8) is 0 Å². The van der Waals surface area contributed by atoms with Gasteiger partial charge in [0.15, 0.2) is 0 Å². The third-order valence-corrected chi connectivity index (χ3v) is 5.17. The van der Waals surface area contributed by atoms with Crippen molar-refractivity contribution in [2.24, 2.45) is 0 Å². The van der Waals surface area contributed by atoms with Gasteiger partial charge in [0, 0.05) is 11.6 Å². The number of quaternary nitrogens is 2. The highest BCUT2D eigenvalue weighted by atomic mass is 16.6. The van der Waals surface area contributed by atoms with Crippen LogP contribution in [0.25, 0.3) is 6.08 Å². The molecule has 0 spiro atoms. The molecule has 2 aromatic carbocycles. The summed E-state index contributed by atoms with van der Waals surface area (Å²) in [5, 5.41) is 23.5. The van der Waals surface area contributed by atoms with Crippen LogP contribution in [-0.2, 0) is 6.54 Å². The summed E-state index contributed by atoms with van der Waals surface area (Å²) < 4.78 is 5.03. The van der Waals surface area contributed by atoms with E-state index in [-0.39, 0.29) is 17.2 Å². The van der Waals surface area contributed by atoms with E-state index < -0.39 is 4.92 Å². The number of non-ortho nitro benzene ring substituents is 1. The predicted octanol–water partition coefficient (Wildman–Crippen LogP) is -0.326. The molecule has 1 aliphatic heterocycles. The van der Waals surface area contributed by atoms with Crippen LogP contribution in [-0.4, -0.2) is 44.8 Å². The van der Waals surface area contributed by atoms with E-state index in [1.54, 1.807) is 0 Å². The van der Waals surface area contributed by atoms with Crippen LogP contribution in [0.2, 0.25) is 0 Å². The molecule has 28 heavy (non-hydrogen) atoms. The lowest BCUT2D eigenvalue weighted by atomic mass is 10.1. The minimum absolute atomic E-state index is 0.0407. The van der Waals surface area contributed by atoms with Crippen LogP contribution in [0.15, 0.2) is 48.5 Å². The van der Waals surface area contributed by atoms with Gasteiger partial charge in [-0.15, -0.1) is 0 Å². The van der Waals surface area contributed by atoms with Crippen molar-refractivity contribution in [3.8, 4) is 11.5 Å². The third-order valence-electron chi connectivity index (χ3n) is 5.17. The van der Waals surface area contributed by atoms with Crippen LogP contribution in [0.4, 0.5) is 5.69 Å². The molecule has 0 aromatic heterocycles. The lowest BCUT2D eigenvalue weighted by molar-refractivity contribution is -1.02. The summed E-state index contributed by atoms with van der Waals surface area (Å²) in [6, 6.07) is 12.8. The van der Waals surface area contributed by atoms with Gasteiger partial charge >= 0.3 is 0 Å². The van der Waals surface area contributed by atoms with E-state index in [1.165, 1.54) is 34.6 Å². The predicted molar refractivity (Wildman–Crippen MR) is 105 cm³/mol. The van der Waals surface area contributed by atoms with Crippen molar-refractivity contribution < 1.29 is 24.6 Å². The molecule has 2 aromatic rings. The highest BCUT2D eigenvalue weighted by Gasteiger charge is 2.23. The van der Waals surface area contributed by atoms with Crippen molar-refractivity contribution in [2.45, 2.75) is 6.54 Å². The molecule has 0 atom stereocenters. The fraction of sp³-hybridized carbons (Fsp3) is 0.333. The highest BCUT2D eigenvalue weighted by molar-refractivity contribution is 5.52. The summed E-state index contributed by atoms with van der Waals surface area (Å²) in [4.78, 5) is 13.4. The third kappa shape index (κ3) is 5.09. The number of piperazine rings is 1. The molecule has 0 bridgehead atoms. The molecule has 1 fully saturated rings. The zero-order chi connectivity index (χ0) is 19.9. The van der Waals surface area contributed by atoms with Gasteiger partial charge in [-0.2, -0.15) is 0 Å². The molecule has 7 heteroatoms. The van der Waals surface area contributed by atoms with E-state index in [9.17, 15) is 15.2 Å². The van der Waals surface area contributed by atoms with Crippen LogP contribution >= 0.6 is 0 Å². The fourth-order valence-corrected chi connectivity index (χ4v) is 3.57. The molecule has 2 N–H and O–H groups in total. The number of methoxy groups -OCH3 is 1. The number of nitro benzene ring substituents is 1. The maximum absolute atomic E-state index is 12.4. The van der Waals surface area contributed by atoms with Crippen molar-refractivity contribution >= 4 is 11.8 Å². The summed E-state index contributed by atoms with van der Waals surface area (Å²) in [6.45, 7) is 5.34. The van der Waals surface area contributed by atoms with Gasteiger partial charge in [0.25, 0.3) is 5.69 Å². The molecule has 0 amide bonds. The van der Waals surface area contributed by atoms with Gasteiger partial charge in [0.2, 0.25) is 0 Å². The maximum Gasteiger partial charge on any atom is 0.273 e. The van der Waals surface area contributed by atoms with E-state index >= 15 is 0 Å². The number of hydrogen-bond donors (Lipinski definition) is 2. The summed E-state index contributed by atoms with van der Waals surface area (Å²) in [5.74, 6) is -0.208. The van der Waals surface area contributed by atoms with E-state index in [2.05, 4.69) is 24.3 Å². The molecule has 0 radical (unpaired) electrons. The Morgan fingerprint density at radius 2 is 1.79 bits per heavy atom. The molecule has 0 unspecified atom stereocenters. The molecular weight excluding hydrogens is 358 g/mol. The number of rotatable bonds is 7. The molecule has 148 valence electrons. The van der Waals surface area contributed by atoms with Crippen molar-refractivity contribution in [1.29, 1.82) is 0 Å². The highest BCUT2D eigenvalue weighted by Crippen LogP contribution is 2.31. The van der Waals surface area contributed by atoms with Gasteiger partial charge in [0.05, 0.1) is 24.6 Å². The topological polar surface area (TPSA) is 84.3 Å². The van der Waals surface area contributed by atoms with Gasteiger partial charge in [-0.25, -0.2) is 0 Å². The van der Waals surface area contributed by atoms with Crippen LogP contribution in [0, 0.1) is 10.1 Å². The van der Waals surface area contributed by atoms with E-state index in [4.69, 9.17) is 4.74 Å². The van der Waals surface area contributed by atoms with Crippen LogP contribution in [0.3, 0.4) is 0 Å². The lowest BCUT2D eigenvalue weighted by Crippen LogP contribution is -3.27. The number of nitrogens with one attached hydrogen (secondary N) is 2. The maximum atomic E-state index is 12.4. The van der Waals surface area contributed by atoms with Crippen molar-refractivity contribution in [1.82, 2.24) is 0 Å². The van der Waals surface area contributed by atoms with Crippen molar-refractivity contribution in [3.05, 3.63) is 69.8 Å². The SMILES string of the molecule is COc1cc([N+](=O)[O-])cc(C[NH+]2CC[NH+](C/C=C/c3ccccc3)CC2)c1[O-]. The Kier molecular flexibility index (Phi) is 6.62. The summed E-state index contributed by atoms with van der Waals surface area (Å²) >= 11 is 0. The van der Waals surface area contributed by atoms with E-state index in [1.807, 2.05) is 18.2 Å². The first-order valence-corrected chi connectivity index (χ1v) is 9.48. The molecule has 0 saturated carbocycles. The van der Waals surface area contributed by atoms with Gasteiger partial charge in [-0.1, -0.05) is 42.2 Å². The average Bonchev–Trinajstić information content (AvgIpc) is 2.71. The lowest BCUT2D eigenvalue weighted by Gasteiger charge is -2.30. The smallest absolute Gasteiger partial charge is 0.273 e. The second-order valence-electron chi connectivity index (χ2n) is 7.09. The van der Waals surface area contributed by atoms with Crippen LogP contribution in [0.1, 0.15) is 11.1 Å². The van der Waals surface area contributed by atoms with Gasteiger partial charge < -0.3 is 19.6 Å². The van der Waals surface area contributed by atoms with E-state index in [0.717, 1.165) is 32.7 Å². The quantitative estimate of drug-likeness (QED) is 0.506. The van der Waals surface area contributed by atoms with Crippen LogP contribution in [0.5, 0.6) is 11.5 Å². The first-order valence-electron chi connectivity index (χ1n) is 9.48. The van der Waals surface area contributed by atoms with Crippen LogP contribution < -0.4 is 19.6 Å². The zero-order valence-electron chi connectivity index (χ0n) is 16.0. The second kappa shape index (κ2) is 9.34. The summed E-state index contributed by atoms with van der Waals surface area (Å²) in [5.41, 5.74) is 1.56. The van der Waals surface area contributed by atoms with E-state index in [0.29, 0.717) is 12.1 Å². The minimum Gasteiger partial charge on any atom is -0.870 e.